The predicted octanol–water partition coefficient (Wildman–Crippen LogP) is 2.29. The first-order valence-corrected chi connectivity index (χ1v) is 6.76. The van der Waals surface area contributed by atoms with Crippen LogP contribution < -0.4 is 15.6 Å². The molecule has 1 saturated heterocycles. The summed E-state index contributed by atoms with van der Waals surface area (Å²) in [6, 6.07) is 7.97. The quantitative estimate of drug-likeness (QED) is 0.809. The molecule has 1 aromatic carbocycles. The van der Waals surface area contributed by atoms with Crippen LogP contribution in [0.4, 0.5) is 0 Å². The molecule has 2 unspecified atom stereocenters. The molecule has 1 aromatic rings. The summed E-state index contributed by atoms with van der Waals surface area (Å²) in [5.41, 5.74) is 6.69. The second kappa shape index (κ2) is 6.91. The number of rotatable bonds is 5. The topological polar surface area (TPSA) is 50.4 Å². The Bertz CT molecular complexity index is 511. The highest BCUT2D eigenvalue weighted by atomic mass is 16.5. The van der Waals surface area contributed by atoms with Gasteiger partial charge in [-0.1, -0.05) is 49.9 Å². The number of carbonyl (C=O) groups excluding carboxylic acids is 1. The van der Waals surface area contributed by atoms with Gasteiger partial charge in [-0.2, -0.15) is 0 Å². The fourth-order valence-electron chi connectivity index (χ4n) is 2.12. The van der Waals surface area contributed by atoms with Gasteiger partial charge in [-0.05, 0) is 12.0 Å². The van der Waals surface area contributed by atoms with Crippen molar-refractivity contribution in [3.63, 3.8) is 0 Å². The number of carbonyl (C=O) groups is 1. The maximum Gasteiger partial charge on any atom is 0.234 e. The normalized spacial score (nSPS) is 22.6. The average molecular weight is 272 g/mol. The molecular weight excluding hydrogens is 252 g/mol. The van der Waals surface area contributed by atoms with Crippen molar-refractivity contribution in [2.45, 2.75) is 19.4 Å². The largest absolute Gasteiger partial charge is 0.489 e. The molecule has 0 radical (unpaired) electrons. The molecule has 0 saturated carbocycles. The highest BCUT2D eigenvalue weighted by molar-refractivity contribution is 5.76. The summed E-state index contributed by atoms with van der Waals surface area (Å²) in [7, 11) is 0. The molecule has 0 spiro atoms. The Hall–Kier alpha value is -2.07. The number of ether oxygens (including phenoxy) is 1. The molecule has 0 bridgehead atoms. The Morgan fingerprint density at radius 3 is 3.00 bits per heavy atom. The van der Waals surface area contributed by atoms with Crippen LogP contribution in [-0.4, -0.2) is 18.6 Å². The maximum absolute atomic E-state index is 11.2. The molecule has 0 aliphatic carbocycles. The molecule has 2 N–H and O–H groups in total. The molecule has 1 fully saturated rings. The van der Waals surface area contributed by atoms with Crippen molar-refractivity contribution < 1.29 is 9.53 Å². The summed E-state index contributed by atoms with van der Waals surface area (Å²) in [5, 5.41) is 0. The summed E-state index contributed by atoms with van der Waals surface area (Å²) in [6.45, 7) is 6.19. The van der Waals surface area contributed by atoms with E-state index in [2.05, 4.69) is 30.4 Å². The molecule has 4 nitrogen and oxygen atoms in total. The third-order valence-electron chi connectivity index (χ3n) is 3.26. The Morgan fingerprint density at radius 2 is 2.25 bits per heavy atom. The first-order chi connectivity index (χ1) is 9.70. The van der Waals surface area contributed by atoms with Crippen LogP contribution in [0.15, 0.2) is 43.0 Å². The SMILES string of the molecule is C=CCOc1ccccc1/C=C/C1NNC(=O)CC1C. The number of hydrazine groups is 1. The molecule has 20 heavy (non-hydrogen) atoms. The van der Waals surface area contributed by atoms with Gasteiger partial charge in [0.05, 0.1) is 0 Å². The van der Waals surface area contributed by atoms with Gasteiger partial charge in [0.1, 0.15) is 12.4 Å². The van der Waals surface area contributed by atoms with Gasteiger partial charge in [-0.3, -0.25) is 10.2 Å². The molecular formula is C16H20N2O2. The summed E-state index contributed by atoms with van der Waals surface area (Å²) in [4.78, 5) is 11.2. The Morgan fingerprint density at radius 1 is 1.45 bits per heavy atom. The second-order valence-corrected chi connectivity index (χ2v) is 4.90. The molecule has 2 rings (SSSR count). The summed E-state index contributed by atoms with van der Waals surface area (Å²) in [6.07, 6.45) is 6.34. The van der Waals surface area contributed by atoms with E-state index in [9.17, 15) is 4.79 Å². The number of hydrogen-bond donors (Lipinski definition) is 2. The zero-order valence-electron chi connectivity index (χ0n) is 11.6. The van der Waals surface area contributed by atoms with Gasteiger partial charge in [0.15, 0.2) is 0 Å². The summed E-state index contributed by atoms with van der Waals surface area (Å²) < 4.78 is 5.61. The van der Waals surface area contributed by atoms with Crippen LogP contribution in [-0.2, 0) is 4.79 Å². The standard InChI is InChI=1S/C16H20N2O2/c1-3-10-20-15-7-5-4-6-13(15)8-9-14-12(2)11-16(19)18-17-14/h3-9,12,14,17H,1,10-11H2,2H3,(H,18,19)/b9-8+. The lowest BCUT2D eigenvalue weighted by Gasteiger charge is -2.27. The zero-order chi connectivity index (χ0) is 14.4. The molecule has 106 valence electrons. The molecule has 1 aliphatic heterocycles. The average Bonchev–Trinajstić information content (AvgIpc) is 2.45. The van der Waals surface area contributed by atoms with Crippen LogP contribution >= 0.6 is 0 Å². The highest BCUT2D eigenvalue weighted by Crippen LogP contribution is 2.21. The van der Waals surface area contributed by atoms with Crippen molar-refractivity contribution in [2.75, 3.05) is 6.61 Å². The van der Waals surface area contributed by atoms with Crippen molar-refractivity contribution in [2.24, 2.45) is 5.92 Å². The smallest absolute Gasteiger partial charge is 0.234 e. The van der Waals surface area contributed by atoms with Crippen LogP contribution in [0, 0.1) is 5.92 Å². The lowest BCUT2D eigenvalue weighted by Crippen LogP contribution is -2.52. The van der Waals surface area contributed by atoms with E-state index in [-0.39, 0.29) is 17.9 Å². The number of hydrogen-bond acceptors (Lipinski definition) is 3. The first-order valence-electron chi connectivity index (χ1n) is 6.76. The maximum atomic E-state index is 11.2. The van der Waals surface area contributed by atoms with Gasteiger partial charge >= 0.3 is 0 Å². The predicted molar refractivity (Wildman–Crippen MR) is 80.0 cm³/mol. The first kappa shape index (κ1) is 14.3. The van der Waals surface area contributed by atoms with Crippen molar-refractivity contribution in [1.29, 1.82) is 0 Å². The fourth-order valence-corrected chi connectivity index (χ4v) is 2.12. The highest BCUT2D eigenvalue weighted by Gasteiger charge is 2.22. The van der Waals surface area contributed by atoms with Crippen LogP contribution in [0.25, 0.3) is 6.08 Å². The molecule has 1 aliphatic rings. The number of amides is 1. The number of nitrogens with one attached hydrogen (secondary N) is 2. The fraction of sp³-hybridized carbons (Fsp3) is 0.312. The Kier molecular flexibility index (Phi) is 4.96. The lowest BCUT2D eigenvalue weighted by molar-refractivity contribution is -0.125. The third kappa shape index (κ3) is 3.71. The van der Waals surface area contributed by atoms with Gasteiger partial charge in [0.25, 0.3) is 0 Å². The zero-order valence-corrected chi connectivity index (χ0v) is 11.6. The monoisotopic (exact) mass is 272 g/mol. The van der Waals surface area contributed by atoms with Crippen molar-refractivity contribution in [3.8, 4) is 5.75 Å². The molecule has 1 heterocycles. The summed E-state index contributed by atoms with van der Waals surface area (Å²) >= 11 is 0. The van der Waals surface area contributed by atoms with Crippen molar-refractivity contribution >= 4 is 12.0 Å². The van der Waals surface area contributed by atoms with Crippen LogP contribution in [0.3, 0.4) is 0 Å². The van der Waals surface area contributed by atoms with Gasteiger partial charge < -0.3 is 4.74 Å². The van der Waals surface area contributed by atoms with E-state index in [1.807, 2.05) is 30.3 Å². The second-order valence-electron chi connectivity index (χ2n) is 4.90. The minimum atomic E-state index is 0.0388. The van der Waals surface area contributed by atoms with Crippen LogP contribution in [0.1, 0.15) is 18.9 Å². The van der Waals surface area contributed by atoms with Crippen molar-refractivity contribution in [1.82, 2.24) is 10.9 Å². The van der Waals surface area contributed by atoms with E-state index in [1.54, 1.807) is 6.08 Å². The Balaban J connectivity index is 2.07. The van der Waals surface area contributed by atoms with Crippen LogP contribution in [0.5, 0.6) is 5.75 Å². The summed E-state index contributed by atoms with van der Waals surface area (Å²) in [5.74, 6) is 1.13. The van der Waals surface area contributed by atoms with E-state index in [4.69, 9.17) is 4.74 Å². The van der Waals surface area contributed by atoms with Gasteiger partial charge in [0.2, 0.25) is 5.91 Å². The van der Waals surface area contributed by atoms with E-state index in [0.29, 0.717) is 13.0 Å². The van der Waals surface area contributed by atoms with E-state index in [0.717, 1.165) is 11.3 Å². The third-order valence-corrected chi connectivity index (χ3v) is 3.26. The minimum absolute atomic E-state index is 0.0388. The van der Waals surface area contributed by atoms with Gasteiger partial charge in [-0.25, -0.2) is 5.43 Å². The lowest BCUT2D eigenvalue weighted by atomic mass is 9.96. The minimum Gasteiger partial charge on any atom is -0.489 e. The Labute approximate surface area is 119 Å². The van der Waals surface area contributed by atoms with Crippen LogP contribution in [0.2, 0.25) is 0 Å². The molecule has 1 amide bonds. The van der Waals surface area contributed by atoms with E-state index >= 15 is 0 Å². The van der Waals surface area contributed by atoms with E-state index in [1.165, 1.54) is 0 Å². The van der Waals surface area contributed by atoms with Gasteiger partial charge in [0, 0.05) is 18.0 Å². The number of para-hydroxylation sites is 1. The molecule has 4 heteroatoms. The molecule has 0 aromatic heterocycles. The van der Waals surface area contributed by atoms with Crippen molar-refractivity contribution in [3.05, 3.63) is 48.6 Å². The van der Waals surface area contributed by atoms with Gasteiger partial charge in [-0.15, -0.1) is 0 Å². The number of benzene rings is 1. The van der Waals surface area contributed by atoms with E-state index < -0.39 is 0 Å². The molecule has 2 atom stereocenters.